The van der Waals surface area contributed by atoms with Crippen LogP contribution in [-0.4, -0.2) is 22.5 Å². The molecule has 2 rings (SSSR count). The molecule has 4 nitrogen and oxygen atoms in total. The van der Waals surface area contributed by atoms with Gasteiger partial charge in [-0.2, -0.15) is 0 Å². The van der Waals surface area contributed by atoms with Crippen LogP contribution in [0.4, 0.5) is 0 Å². The molecular formula is C12H19NO3. The number of carbonyl (C=O) groups excluding carboxylic acids is 1. The zero-order valence-electron chi connectivity index (χ0n) is 9.50. The molecule has 0 heterocycles. The third kappa shape index (κ3) is 2.06. The Hall–Kier alpha value is -1.06. The van der Waals surface area contributed by atoms with Gasteiger partial charge in [0.05, 0.1) is 0 Å². The van der Waals surface area contributed by atoms with Crippen molar-refractivity contribution in [1.29, 1.82) is 0 Å². The molecule has 16 heavy (non-hydrogen) atoms. The molecule has 2 saturated carbocycles. The summed E-state index contributed by atoms with van der Waals surface area (Å²) in [4.78, 5) is 23.2. The zero-order valence-corrected chi connectivity index (χ0v) is 9.50. The van der Waals surface area contributed by atoms with Gasteiger partial charge in [-0.1, -0.05) is 25.7 Å². The lowest BCUT2D eigenvalue weighted by molar-refractivity contribution is -0.148. The van der Waals surface area contributed by atoms with Gasteiger partial charge >= 0.3 is 5.97 Å². The first kappa shape index (κ1) is 11.4. The monoisotopic (exact) mass is 225 g/mol. The fraction of sp³-hybridized carbons (Fsp3) is 0.833. The van der Waals surface area contributed by atoms with Crippen molar-refractivity contribution < 1.29 is 14.7 Å². The normalized spacial score (nSPS) is 24.5. The summed E-state index contributed by atoms with van der Waals surface area (Å²) in [5.41, 5.74) is -0.959. The van der Waals surface area contributed by atoms with Gasteiger partial charge in [-0.3, -0.25) is 4.79 Å². The summed E-state index contributed by atoms with van der Waals surface area (Å²) < 4.78 is 0. The summed E-state index contributed by atoms with van der Waals surface area (Å²) in [6, 6.07) is 0. The lowest BCUT2D eigenvalue weighted by Gasteiger charge is -2.26. The van der Waals surface area contributed by atoms with E-state index in [1.165, 1.54) is 0 Å². The van der Waals surface area contributed by atoms with Gasteiger partial charge in [0.2, 0.25) is 5.91 Å². The molecule has 4 heteroatoms. The largest absolute Gasteiger partial charge is 0.480 e. The second kappa shape index (κ2) is 4.44. The van der Waals surface area contributed by atoms with E-state index in [4.69, 9.17) is 0 Å². The quantitative estimate of drug-likeness (QED) is 0.768. The summed E-state index contributed by atoms with van der Waals surface area (Å²) in [5.74, 6) is -0.852. The number of amides is 1. The van der Waals surface area contributed by atoms with E-state index in [2.05, 4.69) is 5.32 Å². The summed E-state index contributed by atoms with van der Waals surface area (Å²) >= 11 is 0. The van der Waals surface area contributed by atoms with Crippen LogP contribution in [0.3, 0.4) is 0 Å². The van der Waals surface area contributed by atoms with Crippen molar-refractivity contribution in [3.05, 3.63) is 0 Å². The third-order valence-corrected chi connectivity index (χ3v) is 3.95. The van der Waals surface area contributed by atoms with Crippen LogP contribution in [0.25, 0.3) is 0 Å². The number of hydrogen-bond acceptors (Lipinski definition) is 2. The van der Waals surface area contributed by atoms with Crippen molar-refractivity contribution in [2.75, 3.05) is 0 Å². The summed E-state index contributed by atoms with van der Waals surface area (Å²) in [6.07, 6.45) is 7.00. The molecule has 0 aliphatic heterocycles. The van der Waals surface area contributed by atoms with Gasteiger partial charge in [-0.15, -0.1) is 0 Å². The number of carboxylic acids is 1. The lowest BCUT2D eigenvalue weighted by atomic mass is 9.96. The first-order chi connectivity index (χ1) is 7.64. The molecule has 0 bridgehead atoms. The van der Waals surface area contributed by atoms with E-state index >= 15 is 0 Å². The molecule has 2 N–H and O–H groups in total. The number of carbonyl (C=O) groups is 2. The van der Waals surface area contributed by atoms with Crippen LogP contribution >= 0.6 is 0 Å². The Morgan fingerprint density at radius 3 is 2.12 bits per heavy atom. The maximum Gasteiger partial charge on any atom is 0.329 e. The SMILES string of the molecule is O=C(NC1(C(=O)O)CCCC1)C1CCCC1. The number of rotatable bonds is 3. The van der Waals surface area contributed by atoms with Gasteiger partial charge in [0.25, 0.3) is 0 Å². The Morgan fingerprint density at radius 2 is 1.62 bits per heavy atom. The Kier molecular flexibility index (Phi) is 3.17. The molecule has 0 saturated heterocycles. The van der Waals surface area contributed by atoms with Crippen molar-refractivity contribution in [3.8, 4) is 0 Å². The zero-order chi connectivity index (χ0) is 11.6. The maximum atomic E-state index is 11.9. The molecule has 90 valence electrons. The first-order valence-electron chi connectivity index (χ1n) is 6.19. The Bertz CT molecular complexity index is 289. The average Bonchev–Trinajstić information content (AvgIpc) is 2.88. The predicted molar refractivity (Wildman–Crippen MR) is 58.9 cm³/mol. The molecule has 0 aromatic heterocycles. The smallest absolute Gasteiger partial charge is 0.329 e. The fourth-order valence-electron chi connectivity index (χ4n) is 2.90. The number of aliphatic carboxylic acids is 1. The highest BCUT2D eigenvalue weighted by Crippen LogP contribution is 2.32. The lowest BCUT2D eigenvalue weighted by Crippen LogP contribution is -2.53. The second-order valence-electron chi connectivity index (χ2n) is 5.06. The molecule has 0 unspecified atom stereocenters. The molecule has 2 aliphatic carbocycles. The highest BCUT2D eigenvalue weighted by Gasteiger charge is 2.43. The van der Waals surface area contributed by atoms with Gasteiger partial charge in [-0.25, -0.2) is 4.79 Å². The first-order valence-corrected chi connectivity index (χ1v) is 6.19. The Balaban J connectivity index is 2.00. The second-order valence-corrected chi connectivity index (χ2v) is 5.06. The van der Waals surface area contributed by atoms with Crippen molar-refractivity contribution in [2.24, 2.45) is 5.92 Å². The standard InChI is InChI=1S/C12H19NO3/c14-10(9-5-1-2-6-9)13-12(11(15)16)7-3-4-8-12/h9H,1-8H2,(H,13,14)(H,15,16). The van der Waals surface area contributed by atoms with Crippen LogP contribution < -0.4 is 5.32 Å². The topological polar surface area (TPSA) is 66.4 Å². The highest BCUT2D eigenvalue weighted by atomic mass is 16.4. The molecule has 0 spiro atoms. The average molecular weight is 225 g/mol. The van der Waals surface area contributed by atoms with Gasteiger partial charge in [0.15, 0.2) is 0 Å². The summed E-state index contributed by atoms with van der Waals surface area (Å²) in [6.45, 7) is 0. The summed E-state index contributed by atoms with van der Waals surface area (Å²) in [7, 11) is 0. The van der Waals surface area contributed by atoms with E-state index in [1.807, 2.05) is 0 Å². The highest BCUT2D eigenvalue weighted by molar-refractivity contribution is 5.88. The number of hydrogen-bond donors (Lipinski definition) is 2. The Labute approximate surface area is 95.4 Å². The van der Waals surface area contributed by atoms with E-state index < -0.39 is 11.5 Å². The minimum atomic E-state index is -0.959. The van der Waals surface area contributed by atoms with Crippen molar-refractivity contribution >= 4 is 11.9 Å². The number of nitrogens with one attached hydrogen (secondary N) is 1. The molecule has 2 fully saturated rings. The van der Waals surface area contributed by atoms with Gasteiger partial charge < -0.3 is 10.4 Å². The minimum absolute atomic E-state index is 0.0400. The molecule has 0 aromatic carbocycles. The molecule has 0 atom stereocenters. The van der Waals surface area contributed by atoms with E-state index in [0.717, 1.165) is 38.5 Å². The van der Waals surface area contributed by atoms with Gasteiger partial charge in [0, 0.05) is 5.92 Å². The van der Waals surface area contributed by atoms with E-state index in [-0.39, 0.29) is 11.8 Å². The third-order valence-electron chi connectivity index (χ3n) is 3.95. The predicted octanol–water partition coefficient (Wildman–Crippen LogP) is 1.69. The molecule has 1 amide bonds. The van der Waals surface area contributed by atoms with E-state index in [9.17, 15) is 14.7 Å². The van der Waals surface area contributed by atoms with Crippen LogP contribution in [0.5, 0.6) is 0 Å². The molecule has 0 aromatic rings. The van der Waals surface area contributed by atoms with Gasteiger partial charge in [-0.05, 0) is 25.7 Å². The molecule has 0 radical (unpaired) electrons. The van der Waals surface area contributed by atoms with Gasteiger partial charge in [0.1, 0.15) is 5.54 Å². The molecule has 2 aliphatic rings. The van der Waals surface area contributed by atoms with E-state index in [1.54, 1.807) is 0 Å². The molecular weight excluding hydrogens is 206 g/mol. The maximum absolute atomic E-state index is 11.9. The van der Waals surface area contributed by atoms with Crippen molar-refractivity contribution in [1.82, 2.24) is 5.32 Å². The van der Waals surface area contributed by atoms with Crippen LogP contribution in [0.15, 0.2) is 0 Å². The van der Waals surface area contributed by atoms with E-state index in [0.29, 0.717) is 12.8 Å². The minimum Gasteiger partial charge on any atom is -0.480 e. The van der Waals surface area contributed by atoms with Crippen molar-refractivity contribution in [2.45, 2.75) is 56.9 Å². The van der Waals surface area contributed by atoms with Crippen LogP contribution in [0.1, 0.15) is 51.4 Å². The number of carboxylic acid groups (broad SMARTS) is 1. The fourth-order valence-corrected chi connectivity index (χ4v) is 2.90. The van der Waals surface area contributed by atoms with Crippen LogP contribution in [0.2, 0.25) is 0 Å². The van der Waals surface area contributed by atoms with Crippen LogP contribution in [-0.2, 0) is 9.59 Å². The van der Waals surface area contributed by atoms with Crippen LogP contribution in [0, 0.1) is 5.92 Å². The summed E-state index contributed by atoms with van der Waals surface area (Å²) in [5, 5.41) is 12.0. The van der Waals surface area contributed by atoms with Crippen molar-refractivity contribution in [3.63, 3.8) is 0 Å². The Morgan fingerprint density at radius 1 is 1.06 bits per heavy atom.